The van der Waals surface area contributed by atoms with E-state index in [4.69, 9.17) is 4.74 Å². The van der Waals surface area contributed by atoms with E-state index in [1.165, 1.54) is 0 Å². The first-order valence-electron chi connectivity index (χ1n) is 5.24. The van der Waals surface area contributed by atoms with Crippen molar-refractivity contribution in [3.05, 3.63) is 23.8 Å². The average molecular weight is 205 g/mol. The SMILES string of the molecule is CC(C)C(=O)c1cccc2c1OCCN2. The molecule has 0 bridgehead atoms. The summed E-state index contributed by atoms with van der Waals surface area (Å²) in [7, 11) is 0. The summed E-state index contributed by atoms with van der Waals surface area (Å²) < 4.78 is 5.54. The maximum Gasteiger partial charge on any atom is 0.169 e. The molecular weight excluding hydrogens is 190 g/mol. The first-order chi connectivity index (χ1) is 7.20. The van der Waals surface area contributed by atoms with E-state index in [1.807, 2.05) is 32.0 Å². The molecule has 1 aliphatic heterocycles. The van der Waals surface area contributed by atoms with Crippen LogP contribution in [0.5, 0.6) is 5.75 Å². The van der Waals surface area contributed by atoms with Crippen LogP contribution in [0.3, 0.4) is 0 Å². The Morgan fingerprint density at radius 2 is 2.27 bits per heavy atom. The second-order valence-corrected chi connectivity index (χ2v) is 3.98. The number of carbonyl (C=O) groups is 1. The number of hydrogen-bond acceptors (Lipinski definition) is 3. The first-order valence-corrected chi connectivity index (χ1v) is 5.24. The Bertz CT molecular complexity index is 385. The number of rotatable bonds is 2. The molecule has 0 aromatic heterocycles. The molecule has 0 saturated heterocycles. The van der Waals surface area contributed by atoms with Gasteiger partial charge in [0.1, 0.15) is 6.61 Å². The van der Waals surface area contributed by atoms with Gasteiger partial charge in [-0.05, 0) is 12.1 Å². The van der Waals surface area contributed by atoms with Gasteiger partial charge >= 0.3 is 0 Å². The highest BCUT2D eigenvalue weighted by atomic mass is 16.5. The molecule has 1 N–H and O–H groups in total. The Labute approximate surface area is 89.4 Å². The number of para-hydroxylation sites is 1. The van der Waals surface area contributed by atoms with Gasteiger partial charge in [0.05, 0.1) is 11.3 Å². The number of fused-ring (bicyclic) bond motifs is 1. The van der Waals surface area contributed by atoms with Crippen LogP contribution < -0.4 is 10.1 Å². The maximum absolute atomic E-state index is 11.9. The van der Waals surface area contributed by atoms with Gasteiger partial charge in [0, 0.05) is 12.5 Å². The Balaban J connectivity index is 2.43. The lowest BCUT2D eigenvalue weighted by atomic mass is 9.99. The van der Waals surface area contributed by atoms with Crippen molar-refractivity contribution in [1.29, 1.82) is 0 Å². The van der Waals surface area contributed by atoms with Gasteiger partial charge in [0.2, 0.25) is 0 Å². The fourth-order valence-corrected chi connectivity index (χ4v) is 1.68. The van der Waals surface area contributed by atoms with Gasteiger partial charge in [-0.25, -0.2) is 0 Å². The molecule has 1 heterocycles. The topological polar surface area (TPSA) is 38.3 Å². The maximum atomic E-state index is 11.9. The van der Waals surface area contributed by atoms with E-state index in [-0.39, 0.29) is 11.7 Å². The molecule has 0 radical (unpaired) electrons. The summed E-state index contributed by atoms with van der Waals surface area (Å²) in [5.74, 6) is 0.847. The number of Topliss-reactive ketones (excluding diaryl/α,β-unsaturated/α-hetero) is 1. The minimum absolute atomic E-state index is 0.00188. The van der Waals surface area contributed by atoms with Crippen LogP contribution in [0.15, 0.2) is 18.2 Å². The van der Waals surface area contributed by atoms with Gasteiger partial charge in [-0.1, -0.05) is 19.9 Å². The van der Waals surface area contributed by atoms with E-state index in [2.05, 4.69) is 5.32 Å². The van der Waals surface area contributed by atoms with E-state index in [0.29, 0.717) is 17.9 Å². The number of benzene rings is 1. The Morgan fingerprint density at radius 3 is 3.00 bits per heavy atom. The van der Waals surface area contributed by atoms with Gasteiger partial charge in [-0.15, -0.1) is 0 Å². The molecule has 1 aromatic rings. The number of carbonyl (C=O) groups excluding carboxylic acids is 1. The number of ether oxygens (including phenoxy) is 1. The lowest BCUT2D eigenvalue weighted by Gasteiger charge is -2.21. The Morgan fingerprint density at radius 1 is 1.47 bits per heavy atom. The smallest absolute Gasteiger partial charge is 0.169 e. The quantitative estimate of drug-likeness (QED) is 0.753. The summed E-state index contributed by atoms with van der Waals surface area (Å²) in [4.78, 5) is 11.9. The van der Waals surface area contributed by atoms with Gasteiger partial charge < -0.3 is 10.1 Å². The van der Waals surface area contributed by atoms with Crippen LogP contribution in [0.1, 0.15) is 24.2 Å². The minimum atomic E-state index is 0.00188. The normalized spacial score (nSPS) is 14.1. The largest absolute Gasteiger partial charge is 0.489 e. The van der Waals surface area contributed by atoms with Gasteiger partial charge in [0.25, 0.3) is 0 Å². The van der Waals surface area contributed by atoms with Crippen molar-refractivity contribution in [3.8, 4) is 5.75 Å². The zero-order chi connectivity index (χ0) is 10.8. The van der Waals surface area contributed by atoms with Crippen LogP contribution in [0, 0.1) is 5.92 Å². The van der Waals surface area contributed by atoms with Crippen molar-refractivity contribution in [1.82, 2.24) is 0 Å². The van der Waals surface area contributed by atoms with Gasteiger partial charge in [-0.2, -0.15) is 0 Å². The molecule has 0 amide bonds. The molecule has 1 aliphatic rings. The first kappa shape index (κ1) is 10.0. The predicted octanol–water partition coefficient (Wildman–Crippen LogP) is 2.33. The molecule has 2 rings (SSSR count). The molecule has 0 unspecified atom stereocenters. The molecule has 15 heavy (non-hydrogen) atoms. The summed E-state index contributed by atoms with van der Waals surface area (Å²) in [6.45, 7) is 5.22. The molecule has 1 aromatic carbocycles. The van der Waals surface area contributed by atoms with Crippen molar-refractivity contribution >= 4 is 11.5 Å². The highest BCUT2D eigenvalue weighted by Gasteiger charge is 2.20. The van der Waals surface area contributed by atoms with Crippen molar-refractivity contribution in [2.24, 2.45) is 5.92 Å². The molecule has 80 valence electrons. The molecule has 0 spiro atoms. The summed E-state index contributed by atoms with van der Waals surface area (Å²) in [6, 6.07) is 5.65. The van der Waals surface area contributed by atoms with Crippen LogP contribution in [0.4, 0.5) is 5.69 Å². The van der Waals surface area contributed by atoms with Gasteiger partial charge in [-0.3, -0.25) is 4.79 Å². The van der Waals surface area contributed by atoms with E-state index in [9.17, 15) is 4.79 Å². The van der Waals surface area contributed by atoms with Crippen LogP contribution in [-0.2, 0) is 0 Å². The Kier molecular flexibility index (Phi) is 2.62. The fourth-order valence-electron chi connectivity index (χ4n) is 1.68. The second kappa shape index (κ2) is 3.93. The highest BCUT2D eigenvalue weighted by molar-refractivity contribution is 6.01. The number of ketones is 1. The van der Waals surface area contributed by atoms with Crippen LogP contribution >= 0.6 is 0 Å². The third-order valence-corrected chi connectivity index (χ3v) is 2.47. The van der Waals surface area contributed by atoms with Crippen LogP contribution in [-0.4, -0.2) is 18.9 Å². The zero-order valence-corrected chi connectivity index (χ0v) is 9.04. The number of anilines is 1. The molecule has 0 fully saturated rings. The zero-order valence-electron chi connectivity index (χ0n) is 9.04. The number of hydrogen-bond donors (Lipinski definition) is 1. The van der Waals surface area contributed by atoms with Gasteiger partial charge in [0.15, 0.2) is 11.5 Å². The monoisotopic (exact) mass is 205 g/mol. The fraction of sp³-hybridized carbons (Fsp3) is 0.417. The predicted molar refractivity (Wildman–Crippen MR) is 59.6 cm³/mol. The Hall–Kier alpha value is -1.51. The van der Waals surface area contributed by atoms with E-state index < -0.39 is 0 Å². The van der Waals surface area contributed by atoms with Crippen LogP contribution in [0.25, 0.3) is 0 Å². The van der Waals surface area contributed by atoms with Crippen molar-refractivity contribution in [3.63, 3.8) is 0 Å². The second-order valence-electron chi connectivity index (χ2n) is 3.98. The van der Waals surface area contributed by atoms with Crippen molar-refractivity contribution < 1.29 is 9.53 Å². The molecule has 0 aliphatic carbocycles. The molecule has 3 heteroatoms. The van der Waals surface area contributed by atoms with E-state index in [1.54, 1.807) is 0 Å². The summed E-state index contributed by atoms with van der Waals surface area (Å²) in [5, 5.41) is 3.22. The highest BCUT2D eigenvalue weighted by Crippen LogP contribution is 2.32. The standard InChI is InChI=1S/C12H15NO2/c1-8(2)11(14)9-4-3-5-10-12(9)15-7-6-13-10/h3-5,8,13H,6-7H2,1-2H3. The van der Waals surface area contributed by atoms with Crippen LogP contribution in [0.2, 0.25) is 0 Å². The third kappa shape index (κ3) is 1.82. The lowest BCUT2D eigenvalue weighted by molar-refractivity contribution is 0.0935. The lowest BCUT2D eigenvalue weighted by Crippen LogP contribution is -2.21. The summed E-state index contributed by atoms with van der Waals surface area (Å²) in [5.41, 5.74) is 1.61. The average Bonchev–Trinajstić information content (AvgIpc) is 2.27. The molecule has 0 atom stereocenters. The molecule has 3 nitrogen and oxygen atoms in total. The summed E-state index contributed by atoms with van der Waals surface area (Å²) >= 11 is 0. The van der Waals surface area contributed by atoms with Crippen molar-refractivity contribution in [2.45, 2.75) is 13.8 Å². The van der Waals surface area contributed by atoms with E-state index >= 15 is 0 Å². The molecular formula is C12H15NO2. The summed E-state index contributed by atoms with van der Waals surface area (Å²) in [6.07, 6.45) is 0. The number of nitrogens with one attached hydrogen (secondary N) is 1. The van der Waals surface area contributed by atoms with E-state index in [0.717, 1.165) is 12.2 Å². The third-order valence-electron chi connectivity index (χ3n) is 2.47. The molecule has 0 saturated carbocycles. The van der Waals surface area contributed by atoms with Crippen molar-refractivity contribution in [2.75, 3.05) is 18.5 Å². The minimum Gasteiger partial charge on any atom is -0.489 e.